The van der Waals surface area contributed by atoms with E-state index in [0.717, 1.165) is 5.56 Å². The molecule has 9 heteroatoms. The number of aryl methyl sites for hydroxylation is 1. The summed E-state index contributed by atoms with van der Waals surface area (Å²) in [5.41, 5.74) is 1.56. The van der Waals surface area contributed by atoms with Gasteiger partial charge >= 0.3 is 5.97 Å². The van der Waals surface area contributed by atoms with E-state index in [1.807, 2.05) is 6.92 Å². The predicted octanol–water partition coefficient (Wildman–Crippen LogP) is 4.88. The quantitative estimate of drug-likeness (QED) is 0.477. The summed E-state index contributed by atoms with van der Waals surface area (Å²) < 4.78 is 32.9. The van der Waals surface area contributed by atoms with Gasteiger partial charge in [0, 0.05) is 5.69 Å². The molecule has 0 aliphatic rings. The van der Waals surface area contributed by atoms with E-state index in [9.17, 15) is 18.0 Å². The highest BCUT2D eigenvalue weighted by molar-refractivity contribution is 7.92. The zero-order valence-electron chi connectivity index (χ0n) is 17.4. The normalized spacial score (nSPS) is 11.0. The standard InChI is InChI=1S/C23H21ClN2O5S/c1-3-31-23(28)19-14-16(10-13-20(19)24)25-22(27)18-6-4-5-7-21(18)26-32(29,30)17-11-8-15(2)9-12-17/h4-14,26H,3H2,1-2H3,(H,25,27). The van der Waals surface area contributed by atoms with Crippen LogP contribution >= 0.6 is 11.6 Å². The van der Waals surface area contributed by atoms with Crippen molar-refractivity contribution in [1.29, 1.82) is 0 Å². The Bertz CT molecular complexity index is 1260. The number of rotatable bonds is 7. The number of halogens is 1. The molecule has 2 N–H and O–H groups in total. The first kappa shape index (κ1) is 23.3. The van der Waals surface area contributed by atoms with E-state index in [1.165, 1.54) is 42.5 Å². The van der Waals surface area contributed by atoms with Crippen molar-refractivity contribution in [3.05, 3.63) is 88.4 Å². The number of carbonyl (C=O) groups excluding carboxylic acids is 2. The molecule has 0 radical (unpaired) electrons. The summed E-state index contributed by atoms with van der Waals surface area (Å²) in [6.07, 6.45) is 0. The van der Waals surface area contributed by atoms with Gasteiger partial charge < -0.3 is 10.1 Å². The Morgan fingerprint density at radius 3 is 2.34 bits per heavy atom. The minimum Gasteiger partial charge on any atom is -0.462 e. The zero-order valence-corrected chi connectivity index (χ0v) is 19.0. The van der Waals surface area contributed by atoms with Crippen molar-refractivity contribution in [1.82, 2.24) is 0 Å². The second kappa shape index (κ2) is 9.84. The maximum Gasteiger partial charge on any atom is 0.339 e. The molecule has 3 aromatic carbocycles. The van der Waals surface area contributed by atoms with E-state index in [1.54, 1.807) is 31.2 Å². The molecule has 0 aliphatic heterocycles. The molecule has 3 rings (SSSR count). The summed E-state index contributed by atoms with van der Waals surface area (Å²) in [5.74, 6) is -1.18. The highest BCUT2D eigenvalue weighted by Crippen LogP contribution is 2.24. The molecule has 0 heterocycles. The van der Waals surface area contributed by atoms with Crippen LogP contribution in [0, 0.1) is 6.92 Å². The van der Waals surface area contributed by atoms with Crippen LogP contribution < -0.4 is 10.0 Å². The minimum absolute atomic E-state index is 0.0788. The first-order chi connectivity index (χ1) is 15.2. The van der Waals surface area contributed by atoms with Crippen molar-refractivity contribution < 1.29 is 22.7 Å². The Balaban J connectivity index is 1.86. The third-order valence-corrected chi connectivity index (χ3v) is 6.18. The van der Waals surface area contributed by atoms with Gasteiger partial charge in [0.25, 0.3) is 15.9 Å². The average Bonchev–Trinajstić information content (AvgIpc) is 2.75. The summed E-state index contributed by atoms with van der Waals surface area (Å²) in [5, 5.41) is 2.84. The van der Waals surface area contributed by atoms with Crippen LogP contribution in [0.2, 0.25) is 5.02 Å². The Kier molecular flexibility index (Phi) is 7.17. The number of benzene rings is 3. The number of para-hydroxylation sites is 1. The number of hydrogen-bond acceptors (Lipinski definition) is 5. The molecule has 0 atom stereocenters. The fraction of sp³-hybridized carbons (Fsp3) is 0.130. The Morgan fingerprint density at radius 1 is 0.969 bits per heavy atom. The molecule has 7 nitrogen and oxygen atoms in total. The Hall–Kier alpha value is -3.36. The van der Waals surface area contributed by atoms with Crippen molar-refractivity contribution in [2.45, 2.75) is 18.7 Å². The van der Waals surface area contributed by atoms with E-state index in [0.29, 0.717) is 5.69 Å². The smallest absolute Gasteiger partial charge is 0.339 e. The van der Waals surface area contributed by atoms with Crippen LogP contribution in [0.15, 0.2) is 71.6 Å². The van der Waals surface area contributed by atoms with E-state index < -0.39 is 21.9 Å². The van der Waals surface area contributed by atoms with Gasteiger partial charge in [-0.1, -0.05) is 41.4 Å². The summed E-state index contributed by atoms with van der Waals surface area (Å²) in [6, 6.07) is 17.0. The molecule has 0 aromatic heterocycles. The van der Waals surface area contributed by atoms with Crippen LogP contribution in [0.25, 0.3) is 0 Å². The molecule has 0 unspecified atom stereocenters. The summed E-state index contributed by atoms with van der Waals surface area (Å²) in [6.45, 7) is 3.71. The Morgan fingerprint density at radius 2 is 1.66 bits per heavy atom. The minimum atomic E-state index is -3.90. The number of anilines is 2. The van der Waals surface area contributed by atoms with Gasteiger partial charge in [0.15, 0.2) is 0 Å². The molecule has 0 fully saturated rings. The van der Waals surface area contributed by atoms with Crippen LogP contribution in [0.1, 0.15) is 33.2 Å². The second-order valence-corrected chi connectivity index (χ2v) is 8.92. The maximum absolute atomic E-state index is 12.9. The second-order valence-electron chi connectivity index (χ2n) is 6.83. The van der Waals surface area contributed by atoms with E-state index in [-0.39, 0.29) is 33.3 Å². The highest BCUT2D eigenvalue weighted by Gasteiger charge is 2.19. The molecule has 0 spiro atoms. The molecule has 32 heavy (non-hydrogen) atoms. The third-order valence-electron chi connectivity index (χ3n) is 4.47. The van der Waals surface area contributed by atoms with Gasteiger partial charge in [0.2, 0.25) is 0 Å². The molecule has 0 bridgehead atoms. The van der Waals surface area contributed by atoms with Crippen molar-refractivity contribution in [3.8, 4) is 0 Å². The lowest BCUT2D eigenvalue weighted by molar-refractivity contribution is 0.0526. The lowest BCUT2D eigenvalue weighted by Crippen LogP contribution is -2.19. The largest absolute Gasteiger partial charge is 0.462 e. The first-order valence-corrected chi connectivity index (χ1v) is 11.5. The zero-order chi connectivity index (χ0) is 23.3. The van der Waals surface area contributed by atoms with Crippen molar-refractivity contribution in [3.63, 3.8) is 0 Å². The number of esters is 1. The molecule has 0 saturated heterocycles. The molecule has 1 amide bonds. The number of carbonyl (C=O) groups is 2. The molecule has 0 aliphatic carbocycles. The van der Waals surface area contributed by atoms with Gasteiger partial charge in [-0.2, -0.15) is 0 Å². The number of amides is 1. The summed E-state index contributed by atoms with van der Waals surface area (Å²) in [7, 11) is -3.90. The van der Waals surface area contributed by atoms with E-state index >= 15 is 0 Å². The van der Waals surface area contributed by atoms with Crippen LogP contribution in [0.3, 0.4) is 0 Å². The van der Waals surface area contributed by atoms with Gasteiger partial charge in [0.1, 0.15) is 0 Å². The van der Waals surface area contributed by atoms with Crippen molar-refractivity contribution in [2.24, 2.45) is 0 Å². The van der Waals surface area contributed by atoms with Gasteiger partial charge in [-0.3, -0.25) is 9.52 Å². The van der Waals surface area contributed by atoms with Crippen LogP contribution in [-0.4, -0.2) is 26.9 Å². The van der Waals surface area contributed by atoms with Gasteiger partial charge in [0.05, 0.1) is 33.3 Å². The number of ether oxygens (including phenoxy) is 1. The average molecular weight is 473 g/mol. The maximum atomic E-state index is 12.9. The highest BCUT2D eigenvalue weighted by atomic mass is 35.5. The summed E-state index contributed by atoms with van der Waals surface area (Å²) >= 11 is 6.06. The molecule has 166 valence electrons. The molecule has 3 aromatic rings. The fourth-order valence-corrected chi connectivity index (χ4v) is 4.13. The van der Waals surface area contributed by atoms with E-state index in [4.69, 9.17) is 16.3 Å². The first-order valence-electron chi connectivity index (χ1n) is 9.68. The topological polar surface area (TPSA) is 102 Å². The molecule has 0 saturated carbocycles. The SMILES string of the molecule is CCOC(=O)c1cc(NC(=O)c2ccccc2NS(=O)(=O)c2ccc(C)cc2)ccc1Cl. The lowest BCUT2D eigenvalue weighted by Gasteiger charge is -2.13. The predicted molar refractivity (Wildman–Crippen MR) is 124 cm³/mol. The van der Waals surface area contributed by atoms with Gasteiger partial charge in [-0.05, 0) is 56.3 Å². The number of nitrogens with one attached hydrogen (secondary N) is 2. The lowest BCUT2D eigenvalue weighted by atomic mass is 10.1. The fourth-order valence-electron chi connectivity index (χ4n) is 2.86. The van der Waals surface area contributed by atoms with Gasteiger partial charge in [-0.15, -0.1) is 0 Å². The monoisotopic (exact) mass is 472 g/mol. The van der Waals surface area contributed by atoms with Gasteiger partial charge in [-0.25, -0.2) is 13.2 Å². The molecular weight excluding hydrogens is 452 g/mol. The van der Waals surface area contributed by atoms with Crippen LogP contribution in [0.4, 0.5) is 11.4 Å². The van der Waals surface area contributed by atoms with Crippen molar-refractivity contribution in [2.75, 3.05) is 16.6 Å². The van der Waals surface area contributed by atoms with Crippen LogP contribution in [0.5, 0.6) is 0 Å². The van der Waals surface area contributed by atoms with Crippen LogP contribution in [-0.2, 0) is 14.8 Å². The van der Waals surface area contributed by atoms with Crippen molar-refractivity contribution >= 4 is 44.9 Å². The number of sulfonamides is 1. The molecular formula is C23H21ClN2O5S. The Labute approximate surface area is 191 Å². The summed E-state index contributed by atoms with van der Waals surface area (Å²) in [4.78, 5) is 25.0. The number of hydrogen-bond donors (Lipinski definition) is 2. The third kappa shape index (κ3) is 5.46. The van der Waals surface area contributed by atoms with E-state index in [2.05, 4.69) is 10.0 Å².